The number of pyridine rings is 1. The molecule has 2 N–H and O–H groups in total. The van der Waals surface area contributed by atoms with Crippen LogP contribution < -0.4 is 15.6 Å². The summed E-state index contributed by atoms with van der Waals surface area (Å²) >= 11 is 1.38. The first-order valence-electron chi connectivity index (χ1n) is 8.60. The molecule has 0 fully saturated rings. The van der Waals surface area contributed by atoms with Gasteiger partial charge in [0.15, 0.2) is 5.13 Å². The van der Waals surface area contributed by atoms with Gasteiger partial charge >= 0.3 is 0 Å². The topological polar surface area (TPSA) is 84.1 Å². The Labute approximate surface area is 164 Å². The number of hydrogen-bond donors (Lipinski definition) is 2. The number of methoxy groups -OCH3 is 1. The standard InChI is InChI=1S/C21H17N3O3S/c1-12-18(13-7-9-15(27-2)10-8-13)23-21(28-12)24-20(26)17-11-14-5-3-4-6-16(14)19(25)22-17/h3-11H,1-2H3,(H,22,25)(H,23,24,26). The number of aromatic amines is 1. The fraction of sp³-hybridized carbons (Fsp3) is 0.0952. The van der Waals surface area contributed by atoms with Crippen LogP contribution in [0.3, 0.4) is 0 Å². The van der Waals surface area contributed by atoms with Crippen LogP contribution in [0.5, 0.6) is 5.75 Å². The van der Waals surface area contributed by atoms with Crippen molar-refractivity contribution in [3.63, 3.8) is 0 Å². The van der Waals surface area contributed by atoms with Gasteiger partial charge < -0.3 is 9.72 Å². The lowest BCUT2D eigenvalue weighted by molar-refractivity contribution is 0.102. The van der Waals surface area contributed by atoms with Crippen molar-refractivity contribution < 1.29 is 9.53 Å². The number of fused-ring (bicyclic) bond motifs is 1. The molecule has 0 aliphatic carbocycles. The molecule has 2 aromatic heterocycles. The molecule has 0 saturated carbocycles. The minimum atomic E-state index is -0.405. The number of rotatable bonds is 4. The molecule has 1 amide bonds. The second kappa shape index (κ2) is 7.28. The maximum absolute atomic E-state index is 12.6. The number of thiazole rings is 1. The zero-order valence-electron chi connectivity index (χ0n) is 15.3. The van der Waals surface area contributed by atoms with Crippen LogP contribution in [-0.4, -0.2) is 23.0 Å². The fourth-order valence-electron chi connectivity index (χ4n) is 2.96. The van der Waals surface area contributed by atoms with Crippen molar-refractivity contribution in [2.24, 2.45) is 0 Å². The van der Waals surface area contributed by atoms with Gasteiger partial charge in [0.05, 0.1) is 12.8 Å². The number of nitrogens with one attached hydrogen (secondary N) is 2. The van der Waals surface area contributed by atoms with Crippen molar-refractivity contribution in [2.75, 3.05) is 12.4 Å². The Balaban J connectivity index is 1.61. The fourth-order valence-corrected chi connectivity index (χ4v) is 3.80. The van der Waals surface area contributed by atoms with Crippen molar-refractivity contribution >= 4 is 33.1 Å². The van der Waals surface area contributed by atoms with E-state index in [1.165, 1.54) is 11.3 Å². The van der Waals surface area contributed by atoms with Gasteiger partial charge in [-0.05, 0) is 48.7 Å². The Bertz CT molecular complexity index is 1230. The zero-order valence-corrected chi connectivity index (χ0v) is 16.1. The molecule has 2 heterocycles. The molecule has 2 aromatic carbocycles. The number of hydrogen-bond acceptors (Lipinski definition) is 5. The van der Waals surface area contributed by atoms with Crippen LogP contribution in [0.4, 0.5) is 5.13 Å². The number of amides is 1. The Kier molecular flexibility index (Phi) is 4.67. The summed E-state index contributed by atoms with van der Waals surface area (Å²) in [6.45, 7) is 1.95. The summed E-state index contributed by atoms with van der Waals surface area (Å²) in [5, 5.41) is 4.51. The second-order valence-electron chi connectivity index (χ2n) is 6.21. The van der Waals surface area contributed by atoms with Crippen molar-refractivity contribution in [1.29, 1.82) is 0 Å². The maximum Gasteiger partial charge on any atom is 0.273 e. The Morgan fingerprint density at radius 3 is 2.64 bits per heavy atom. The first-order valence-corrected chi connectivity index (χ1v) is 9.42. The largest absolute Gasteiger partial charge is 0.497 e. The number of H-pyrrole nitrogens is 1. The maximum atomic E-state index is 12.6. The van der Waals surface area contributed by atoms with E-state index in [0.717, 1.165) is 21.9 Å². The van der Waals surface area contributed by atoms with Crippen molar-refractivity contribution in [3.8, 4) is 17.0 Å². The van der Waals surface area contributed by atoms with Gasteiger partial charge in [-0.2, -0.15) is 0 Å². The third kappa shape index (κ3) is 3.39. The summed E-state index contributed by atoms with van der Waals surface area (Å²) in [4.78, 5) is 33.0. The predicted octanol–water partition coefficient (Wildman–Crippen LogP) is 4.22. The second-order valence-corrected chi connectivity index (χ2v) is 7.41. The summed E-state index contributed by atoms with van der Waals surface area (Å²) < 4.78 is 5.18. The number of nitrogens with zero attached hydrogens (tertiary/aromatic N) is 1. The molecule has 7 heteroatoms. The summed E-state index contributed by atoms with van der Waals surface area (Å²) in [6, 6.07) is 16.4. The molecular formula is C21H17N3O3S. The Morgan fingerprint density at radius 2 is 1.89 bits per heavy atom. The van der Waals surface area contributed by atoms with Gasteiger partial charge in [-0.3, -0.25) is 14.9 Å². The minimum absolute atomic E-state index is 0.197. The van der Waals surface area contributed by atoms with E-state index in [-0.39, 0.29) is 11.3 Å². The first kappa shape index (κ1) is 17.9. The third-order valence-electron chi connectivity index (χ3n) is 4.38. The zero-order chi connectivity index (χ0) is 19.7. The number of aromatic nitrogens is 2. The smallest absolute Gasteiger partial charge is 0.273 e. The van der Waals surface area contributed by atoms with Gasteiger partial charge in [0.2, 0.25) is 0 Å². The van der Waals surface area contributed by atoms with E-state index in [1.54, 1.807) is 31.4 Å². The van der Waals surface area contributed by atoms with E-state index in [2.05, 4.69) is 15.3 Å². The molecule has 0 aliphatic rings. The van der Waals surface area contributed by atoms with Crippen LogP contribution in [-0.2, 0) is 0 Å². The van der Waals surface area contributed by atoms with E-state index in [1.807, 2.05) is 37.3 Å². The summed E-state index contributed by atoms with van der Waals surface area (Å²) in [7, 11) is 1.62. The highest BCUT2D eigenvalue weighted by molar-refractivity contribution is 7.16. The summed E-state index contributed by atoms with van der Waals surface area (Å²) in [6.07, 6.45) is 0. The van der Waals surface area contributed by atoms with E-state index in [9.17, 15) is 9.59 Å². The van der Waals surface area contributed by atoms with Crippen molar-refractivity contribution in [2.45, 2.75) is 6.92 Å². The van der Waals surface area contributed by atoms with Gasteiger partial charge in [-0.15, -0.1) is 11.3 Å². The molecule has 6 nitrogen and oxygen atoms in total. The molecule has 0 unspecified atom stereocenters. The molecule has 140 valence electrons. The molecule has 0 radical (unpaired) electrons. The van der Waals surface area contributed by atoms with Crippen LogP contribution in [0.1, 0.15) is 15.4 Å². The quantitative estimate of drug-likeness (QED) is 0.545. The summed E-state index contributed by atoms with van der Waals surface area (Å²) in [5.74, 6) is 0.364. The number of benzene rings is 2. The SMILES string of the molecule is COc1ccc(-c2nc(NC(=O)c3cc4ccccc4c(=O)[nH]3)sc2C)cc1. The molecule has 4 rings (SSSR count). The van der Waals surface area contributed by atoms with E-state index in [0.29, 0.717) is 15.9 Å². The summed E-state index contributed by atoms with van der Waals surface area (Å²) in [5.41, 5.74) is 1.64. The average molecular weight is 391 g/mol. The molecule has 28 heavy (non-hydrogen) atoms. The molecule has 0 aliphatic heterocycles. The normalized spacial score (nSPS) is 10.8. The highest BCUT2D eigenvalue weighted by Gasteiger charge is 2.15. The van der Waals surface area contributed by atoms with Crippen LogP contribution >= 0.6 is 11.3 Å². The molecule has 0 saturated heterocycles. The Hall–Kier alpha value is -3.45. The third-order valence-corrected chi connectivity index (χ3v) is 5.26. The lowest BCUT2D eigenvalue weighted by atomic mass is 10.1. The van der Waals surface area contributed by atoms with Crippen LogP contribution in [0.15, 0.2) is 59.4 Å². The number of anilines is 1. The van der Waals surface area contributed by atoms with Crippen LogP contribution in [0.25, 0.3) is 22.0 Å². The van der Waals surface area contributed by atoms with Gasteiger partial charge in [-0.1, -0.05) is 18.2 Å². The average Bonchev–Trinajstić information content (AvgIpc) is 3.08. The van der Waals surface area contributed by atoms with E-state index in [4.69, 9.17) is 4.74 Å². The minimum Gasteiger partial charge on any atom is -0.497 e. The van der Waals surface area contributed by atoms with Crippen LogP contribution in [0.2, 0.25) is 0 Å². The lowest BCUT2D eigenvalue weighted by Gasteiger charge is -2.04. The van der Waals surface area contributed by atoms with Gasteiger partial charge in [0.1, 0.15) is 11.4 Å². The molecule has 0 spiro atoms. The number of carbonyl (C=O) groups excluding carboxylic acids is 1. The molecule has 4 aromatic rings. The van der Waals surface area contributed by atoms with Crippen molar-refractivity contribution in [1.82, 2.24) is 9.97 Å². The number of aryl methyl sites for hydroxylation is 1. The van der Waals surface area contributed by atoms with Gasteiger partial charge in [0.25, 0.3) is 11.5 Å². The van der Waals surface area contributed by atoms with Gasteiger partial charge in [0, 0.05) is 15.8 Å². The highest BCUT2D eigenvalue weighted by Crippen LogP contribution is 2.31. The van der Waals surface area contributed by atoms with E-state index < -0.39 is 5.91 Å². The lowest BCUT2D eigenvalue weighted by Crippen LogP contribution is -2.18. The molecule has 0 atom stereocenters. The van der Waals surface area contributed by atoms with Gasteiger partial charge in [-0.25, -0.2) is 4.98 Å². The molecule has 0 bridgehead atoms. The number of carbonyl (C=O) groups is 1. The van der Waals surface area contributed by atoms with E-state index >= 15 is 0 Å². The first-order chi connectivity index (χ1) is 13.5. The Morgan fingerprint density at radius 1 is 1.14 bits per heavy atom. The highest BCUT2D eigenvalue weighted by atomic mass is 32.1. The predicted molar refractivity (Wildman–Crippen MR) is 111 cm³/mol. The monoisotopic (exact) mass is 391 g/mol. The van der Waals surface area contributed by atoms with Crippen LogP contribution in [0, 0.1) is 6.92 Å². The van der Waals surface area contributed by atoms with Crippen molar-refractivity contribution in [3.05, 3.63) is 75.5 Å². The number of ether oxygens (including phenoxy) is 1. The molecular weight excluding hydrogens is 374 g/mol.